The van der Waals surface area contributed by atoms with E-state index in [4.69, 9.17) is 9.15 Å². The first-order chi connectivity index (χ1) is 10.6. The summed E-state index contributed by atoms with van der Waals surface area (Å²) in [7, 11) is 1.57. The fourth-order valence-electron chi connectivity index (χ4n) is 2.48. The Balaban J connectivity index is 1.97. The summed E-state index contributed by atoms with van der Waals surface area (Å²) in [5.74, 6) is 0.655. The summed E-state index contributed by atoms with van der Waals surface area (Å²) in [6.45, 7) is 3.88. The topological polar surface area (TPSA) is 51.5 Å². The van der Waals surface area contributed by atoms with E-state index < -0.39 is 0 Å². The van der Waals surface area contributed by atoms with Gasteiger partial charge in [0.05, 0.1) is 12.8 Å². The van der Waals surface area contributed by atoms with Crippen LogP contribution in [0.25, 0.3) is 11.0 Å². The third kappa shape index (κ3) is 2.44. The number of rotatable bonds is 3. The summed E-state index contributed by atoms with van der Waals surface area (Å²) in [6.07, 6.45) is 0. The second-order valence-corrected chi connectivity index (χ2v) is 5.21. The quantitative estimate of drug-likeness (QED) is 0.783. The number of hydrogen-bond donors (Lipinski definition) is 1. The number of furan rings is 1. The van der Waals surface area contributed by atoms with Crippen molar-refractivity contribution >= 4 is 22.6 Å². The molecule has 0 spiro atoms. The van der Waals surface area contributed by atoms with E-state index in [1.54, 1.807) is 19.2 Å². The number of fused-ring (bicyclic) bond motifs is 1. The van der Waals surface area contributed by atoms with Gasteiger partial charge in [0, 0.05) is 10.9 Å². The maximum Gasteiger partial charge on any atom is 0.291 e. The molecule has 4 heteroatoms. The predicted molar refractivity (Wildman–Crippen MR) is 86.6 cm³/mol. The first kappa shape index (κ1) is 14.2. The van der Waals surface area contributed by atoms with Crippen LogP contribution in [0.2, 0.25) is 0 Å². The lowest BCUT2D eigenvalue weighted by atomic mass is 10.1. The molecule has 1 N–H and O–H groups in total. The average Bonchev–Trinajstić information content (AvgIpc) is 2.84. The first-order valence-electron chi connectivity index (χ1n) is 7.04. The zero-order chi connectivity index (χ0) is 15.7. The number of carbonyl (C=O) groups excluding carboxylic acids is 1. The summed E-state index contributed by atoms with van der Waals surface area (Å²) in [5.41, 5.74) is 3.27. The summed E-state index contributed by atoms with van der Waals surface area (Å²) in [6, 6.07) is 13.2. The molecule has 1 aromatic heterocycles. The van der Waals surface area contributed by atoms with Crippen molar-refractivity contribution in [3.8, 4) is 5.75 Å². The molecule has 0 unspecified atom stereocenters. The van der Waals surface area contributed by atoms with Crippen LogP contribution in [0.3, 0.4) is 0 Å². The maximum absolute atomic E-state index is 12.5. The molecule has 4 nitrogen and oxygen atoms in total. The molecule has 3 rings (SSSR count). The van der Waals surface area contributed by atoms with Crippen molar-refractivity contribution in [2.45, 2.75) is 13.8 Å². The van der Waals surface area contributed by atoms with Crippen molar-refractivity contribution < 1.29 is 13.9 Å². The van der Waals surface area contributed by atoms with Crippen LogP contribution in [0, 0.1) is 13.8 Å². The smallest absolute Gasteiger partial charge is 0.291 e. The predicted octanol–water partition coefficient (Wildman–Crippen LogP) is 4.31. The van der Waals surface area contributed by atoms with Gasteiger partial charge in [0.1, 0.15) is 11.3 Å². The van der Waals surface area contributed by atoms with Gasteiger partial charge in [-0.25, -0.2) is 0 Å². The van der Waals surface area contributed by atoms with Gasteiger partial charge in [0.25, 0.3) is 5.91 Å². The number of hydrogen-bond acceptors (Lipinski definition) is 3. The van der Waals surface area contributed by atoms with E-state index in [0.29, 0.717) is 17.2 Å². The Hall–Kier alpha value is -2.75. The Bertz CT molecular complexity index is 849. The number of methoxy groups -OCH3 is 1. The van der Waals surface area contributed by atoms with Crippen LogP contribution in [0.4, 0.5) is 5.69 Å². The number of anilines is 1. The van der Waals surface area contributed by atoms with E-state index in [2.05, 4.69) is 5.32 Å². The Kier molecular flexibility index (Phi) is 3.59. The van der Waals surface area contributed by atoms with Crippen LogP contribution < -0.4 is 10.1 Å². The van der Waals surface area contributed by atoms with E-state index in [1.165, 1.54) is 0 Å². The normalized spacial score (nSPS) is 10.7. The molecule has 0 aliphatic carbocycles. The van der Waals surface area contributed by atoms with E-state index in [1.807, 2.05) is 44.2 Å². The standard InChI is InChI=1S/C18H17NO3/c1-11-8-9-13-12(2)17(22-16(13)10-11)18(20)19-14-6-4-5-7-15(14)21-3/h4-10H,1-3H3,(H,19,20). The molecule has 0 atom stereocenters. The highest BCUT2D eigenvalue weighted by molar-refractivity contribution is 6.07. The van der Waals surface area contributed by atoms with Crippen molar-refractivity contribution in [3.63, 3.8) is 0 Å². The Morgan fingerprint density at radius 3 is 2.68 bits per heavy atom. The van der Waals surface area contributed by atoms with E-state index in [-0.39, 0.29) is 5.91 Å². The van der Waals surface area contributed by atoms with Gasteiger partial charge in [-0.1, -0.05) is 24.3 Å². The largest absolute Gasteiger partial charge is 0.495 e. The second-order valence-electron chi connectivity index (χ2n) is 5.21. The molecule has 0 saturated carbocycles. The van der Waals surface area contributed by atoms with E-state index >= 15 is 0 Å². The molecule has 112 valence electrons. The number of ether oxygens (including phenoxy) is 1. The minimum Gasteiger partial charge on any atom is -0.495 e. The van der Waals surface area contributed by atoms with Crippen LogP contribution in [-0.4, -0.2) is 13.0 Å². The van der Waals surface area contributed by atoms with Crippen molar-refractivity contribution in [1.29, 1.82) is 0 Å². The van der Waals surface area contributed by atoms with Crippen LogP contribution in [0.15, 0.2) is 46.9 Å². The average molecular weight is 295 g/mol. The summed E-state index contributed by atoms with van der Waals surface area (Å²) in [4.78, 5) is 12.5. The molecule has 1 heterocycles. The van der Waals surface area contributed by atoms with Crippen molar-refractivity contribution in [2.24, 2.45) is 0 Å². The Morgan fingerprint density at radius 1 is 1.14 bits per heavy atom. The monoisotopic (exact) mass is 295 g/mol. The van der Waals surface area contributed by atoms with Gasteiger partial charge in [-0.2, -0.15) is 0 Å². The highest BCUT2D eigenvalue weighted by Gasteiger charge is 2.18. The van der Waals surface area contributed by atoms with Gasteiger partial charge in [0.15, 0.2) is 5.76 Å². The highest BCUT2D eigenvalue weighted by Crippen LogP contribution is 2.28. The number of amides is 1. The van der Waals surface area contributed by atoms with Crippen molar-refractivity contribution in [1.82, 2.24) is 0 Å². The fraction of sp³-hybridized carbons (Fsp3) is 0.167. The van der Waals surface area contributed by atoms with Gasteiger partial charge in [0.2, 0.25) is 0 Å². The second kappa shape index (κ2) is 5.56. The van der Waals surface area contributed by atoms with E-state index in [9.17, 15) is 4.79 Å². The minimum atomic E-state index is -0.282. The summed E-state index contributed by atoms with van der Waals surface area (Å²) < 4.78 is 11.0. The Labute approximate surface area is 128 Å². The lowest BCUT2D eigenvalue weighted by Crippen LogP contribution is -2.12. The van der Waals surface area contributed by atoms with Crippen molar-refractivity contribution in [2.75, 3.05) is 12.4 Å². The highest BCUT2D eigenvalue weighted by atomic mass is 16.5. The number of benzene rings is 2. The zero-order valence-electron chi connectivity index (χ0n) is 12.8. The minimum absolute atomic E-state index is 0.282. The molecule has 0 aliphatic rings. The molecular weight excluding hydrogens is 278 g/mol. The van der Waals surface area contributed by atoms with Gasteiger partial charge in [-0.15, -0.1) is 0 Å². The number of carbonyl (C=O) groups is 1. The van der Waals surface area contributed by atoms with Gasteiger partial charge in [-0.05, 0) is 37.6 Å². The molecule has 0 saturated heterocycles. The SMILES string of the molecule is COc1ccccc1NC(=O)c1oc2cc(C)ccc2c1C. The summed E-state index contributed by atoms with van der Waals surface area (Å²) in [5, 5.41) is 3.79. The third-order valence-corrected chi connectivity index (χ3v) is 3.66. The molecule has 3 aromatic rings. The fourth-order valence-corrected chi connectivity index (χ4v) is 2.48. The molecule has 0 aliphatic heterocycles. The van der Waals surface area contributed by atoms with Crippen LogP contribution in [0.5, 0.6) is 5.75 Å². The van der Waals surface area contributed by atoms with Gasteiger partial charge >= 0.3 is 0 Å². The summed E-state index contributed by atoms with van der Waals surface area (Å²) >= 11 is 0. The van der Waals surface area contributed by atoms with E-state index in [0.717, 1.165) is 22.1 Å². The van der Waals surface area contributed by atoms with Crippen molar-refractivity contribution in [3.05, 3.63) is 59.4 Å². The molecule has 22 heavy (non-hydrogen) atoms. The number of nitrogens with one attached hydrogen (secondary N) is 1. The number of aryl methyl sites for hydroxylation is 2. The lowest BCUT2D eigenvalue weighted by Gasteiger charge is -2.08. The molecule has 2 aromatic carbocycles. The molecule has 1 amide bonds. The van der Waals surface area contributed by atoms with Crippen LogP contribution >= 0.6 is 0 Å². The van der Waals surface area contributed by atoms with Gasteiger partial charge < -0.3 is 14.5 Å². The van der Waals surface area contributed by atoms with Gasteiger partial charge in [-0.3, -0.25) is 4.79 Å². The lowest BCUT2D eigenvalue weighted by molar-refractivity contribution is 0.0997. The third-order valence-electron chi connectivity index (χ3n) is 3.66. The Morgan fingerprint density at radius 2 is 1.91 bits per heavy atom. The molecule has 0 radical (unpaired) electrons. The first-order valence-corrected chi connectivity index (χ1v) is 7.04. The molecular formula is C18H17NO3. The number of para-hydroxylation sites is 2. The maximum atomic E-state index is 12.5. The molecule has 0 bridgehead atoms. The molecule has 0 fully saturated rings. The van der Waals surface area contributed by atoms with Crippen LogP contribution in [-0.2, 0) is 0 Å². The van der Waals surface area contributed by atoms with Crippen LogP contribution in [0.1, 0.15) is 21.7 Å². The zero-order valence-corrected chi connectivity index (χ0v) is 12.8.